The van der Waals surface area contributed by atoms with Crippen LogP contribution >= 0.6 is 0 Å². The van der Waals surface area contributed by atoms with Crippen molar-refractivity contribution in [1.29, 1.82) is 0 Å². The molecule has 0 saturated carbocycles. The van der Waals surface area contributed by atoms with Crippen molar-refractivity contribution in [3.8, 4) is 0 Å². The maximum atomic E-state index is 11.4. The molecule has 0 aromatic carbocycles. The summed E-state index contributed by atoms with van der Waals surface area (Å²) in [4.78, 5) is 11.4. The Morgan fingerprint density at radius 3 is 2.00 bits per heavy atom. The van der Waals surface area contributed by atoms with E-state index in [0.29, 0.717) is 18.4 Å². The molecule has 0 N–H and O–H groups in total. The first kappa shape index (κ1) is 15.2. The van der Waals surface area contributed by atoms with Crippen LogP contribution in [0.1, 0.15) is 48.0 Å². The Morgan fingerprint density at radius 2 is 1.62 bits per heavy atom. The molecule has 0 rings (SSSR count). The Hall–Kier alpha value is -0.790. The Morgan fingerprint density at radius 1 is 1.06 bits per heavy atom. The molecule has 0 saturated heterocycles. The molecule has 0 aromatic heterocycles. The van der Waals surface area contributed by atoms with Gasteiger partial charge in [0.15, 0.2) is 0 Å². The molecule has 0 aromatic rings. The molecule has 0 aliphatic carbocycles. The summed E-state index contributed by atoms with van der Waals surface area (Å²) in [7, 11) is 0. The van der Waals surface area contributed by atoms with Crippen molar-refractivity contribution in [3.63, 3.8) is 0 Å². The molecule has 0 amide bonds. The fourth-order valence-electron chi connectivity index (χ4n) is 1.17. The van der Waals surface area contributed by atoms with E-state index in [-0.39, 0.29) is 11.9 Å². The lowest BCUT2D eigenvalue weighted by Gasteiger charge is -2.14. The van der Waals surface area contributed by atoms with Gasteiger partial charge in [-0.3, -0.25) is 4.79 Å². The molecule has 2 heteroatoms. The average Bonchev–Trinajstić information content (AvgIpc) is 2.15. The average molecular weight is 226 g/mol. The Kier molecular flexibility index (Phi) is 7.11. The highest BCUT2D eigenvalue weighted by Crippen LogP contribution is 2.14. The summed E-state index contributed by atoms with van der Waals surface area (Å²) in [5.74, 6) is 0.933. The zero-order chi connectivity index (χ0) is 12.7. The SMILES string of the molecule is CC(C)C/C=C(/COC(=O)C(C)C)C(C)C. The first-order valence-electron chi connectivity index (χ1n) is 6.20. The lowest BCUT2D eigenvalue weighted by atomic mass is 10.00. The molecule has 16 heavy (non-hydrogen) atoms. The molecule has 0 unspecified atom stereocenters. The quantitative estimate of drug-likeness (QED) is 0.508. The molecule has 0 aliphatic heterocycles. The van der Waals surface area contributed by atoms with Gasteiger partial charge >= 0.3 is 5.97 Å². The lowest BCUT2D eigenvalue weighted by molar-refractivity contribution is -0.146. The molecule has 0 heterocycles. The molecule has 0 bridgehead atoms. The maximum absolute atomic E-state index is 11.4. The summed E-state index contributed by atoms with van der Waals surface area (Å²) in [5.41, 5.74) is 1.22. The summed E-state index contributed by atoms with van der Waals surface area (Å²) in [6, 6.07) is 0. The third kappa shape index (κ3) is 6.65. The van der Waals surface area contributed by atoms with Gasteiger partial charge in [0.05, 0.1) is 5.92 Å². The van der Waals surface area contributed by atoms with Crippen LogP contribution in [0.15, 0.2) is 11.6 Å². The van der Waals surface area contributed by atoms with Gasteiger partial charge in [0.2, 0.25) is 0 Å². The highest BCUT2D eigenvalue weighted by molar-refractivity contribution is 5.71. The van der Waals surface area contributed by atoms with Crippen LogP contribution in [0.4, 0.5) is 0 Å². The van der Waals surface area contributed by atoms with E-state index in [4.69, 9.17) is 4.74 Å². The Labute approximate surface area is 100 Å². The second-order valence-electron chi connectivity index (χ2n) is 5.33. The van der Waals surface area contributed by atoms with Crippen LogP contribution in [0, 0.1) is 17.8 Å². The summed E-state index contributed by atoms with van der Waals surface area (Å²) >= 11 is 0. The molecule has 94 valence electrons. The van der Waals surface area contributed by atoms with Crippen LogP contribution in [0.25, 0.3) is 0 Å². The minimum Gasteiger partial charge on any atom is -0.461 e. The Bertz CT molecular complexity index is 237. The van der Waals surface area contributed by atoms with Crippen molar-refractivity contribution in [2.24, 2.45) is 17.8 Å². The van der Waals surface area contributed by atoms with Gasteiger partial charge in [-0.2, -0.15) is 0 Å². The number of hydrogen-bond acceptors (Lipinski definition) is 2. The molecule has 0 fully saturated rings. The summed E-state index contributed by atoms with van der Waals surface area (Å²) in [6.45, 7) is 12.8. The number of ether oxygens (including phenoxy) is 1. The lowest BCUT2D eigenvalue weighted by Crippen LogP contribution is -2.15. The smallest absolute Gasteiger partial charge is 0.308 e. The molecule has 0 atom stereocenters. The first-order chi connectivity index (χ1) is 7.34. The highest BCUT2D eigenvalue weighted by Gasteiger charge is 2.11. The molecule has 0 spiro atoms. The zero-order valence-electron chi connectivity index (χ0n) is 11.5. The van der Waals surface area contributed by atoms with Crippen molar-refractivity contribution in [1.82, 2.24) is 0 Å². The largest absolute Gasteiger partial charge is 0.461 e. The van der Waals surface area contributed by atoms with E-state index in [9.17, 15) is 4.79 Å². The third-order valence-corrected chi connectivity index (χ3v) is 2.45. The van der Waals surface area contributed by atoms with E-state index < -0.39 is 0 Å². The number of rotatable bonds is 6. The zero-order valence-corrected chi connectivity index (χ0v) is 11.5. The second-order valence-corrected chi connectivity index (χ2v) is 5.33. The molecule has 0 radical (unpaired) electrons. The van der Waals surface area contributed by atoms with E-state index in [1.807, 2.05) is 13.8 Å². The number of esters is 1. The second kappa shape index (κ2) is 7.48. The fourth-order valence-corrected chi connectivity index (χ4v) is 1.17. The standard InChI is InChI=1S/C14H26O2/c1-10(2)7-8-13(11(3)4)9-16-14(15)12(5)6/h8,10-12H,7,9H2,1-6H3/b13-8-. The van der Waals surface area contributed by atoms with Gasteiger partial charge in [0.1, 0.15) is 6.61 Å². The van der Waals surface area contributed by atoms with E-state index in [0.717, 1.165) is 6.42 Å². The summed E-state index contributed by atoms with van der Waals surface area (Å²) in [5, 5.41) is 0. The molecular formula is C14H26O2. The van der Waals surface area contributed by atoms with Crippen molar-refractivity contribution < 1.29 is 9.53 Å². The molecule has 2 nitrogen and oxygen atoms in total. The van der Waals surface area contributed by atoms with Gasteiger partial charge in [0.25, 0.3) is 0 Å². The Balaban J connectivity index is 4.25. The van der Waals surface area contributed by atoms with E-state index in [2.05, 4.69) is 33.8 Å². The van der Waals surface area contributed by atoms with Gasteiger partial charge in [-0.05, 0) is 23.8 Å². The number of carbonyl (C=O) groups is 1. The van der Waals surface area contributed by atoms with Crippen LogP contribution in [0.2, 0.25) is 0 Å². The number of carbonyl (C=O) groups excluding carboxylic acids is 1. The normalized spacial score (nSPS) is 12.7. The maximum Gasteiger partial charge on any atom is 0.308 e. The first-order valence-corrected chi connectivity index (χ1v) is 6.20. The van der Waals surface area contributed by atoms with Crippen molar-refractivity contribution in [3.05, 3.63) is 11.6 Å². The van der Waals surface area contributed by atoms with Gasteiger partial charge in [-0.15, -0.1) is 0 Å². The van der Waals surface area contributed by atoms with Crippen LogP contribution in [-0.4, -0.2) is 12.6 Å². The van der Waals surface area contributed by atoms with Crippen molar-refractivity contribution >= 4 is 5.97 Å². The van der Waals surface area contributed by atoms with Gasteiger partial charge in [-0.25, -0.2) is 0 Å². The minimum absolute atomic E-state index is 0.0430. The predicted octanol–water partition coefficient (Wildman–Crippen LogP) is 3.81. The van der Waals surface area contributed by atoms with Gasteiger partial charge in [0, 0.05) is 0 Å². The highest BCUT2D eigenvalue weighted by atomic mass is 16.5. The predicted molar refractivity (Wildman–Crippen MR) is 68.2 cm³/mol. The molecular weight excluding hydrogens is 200 g/mol. The fraction of sp³-hybridized carbons (Fsp3) is 0.786. The van der Waals surface area contributed by atoms with Crippen LogP contribution in [0.5, 0.6) is 0 Å². The summed E-state index contributed by atoms with van der Waals surface area (Å²) in [6.07, 6.45) is 3.26. The van der Waals surface area contributed by atoms with Crippen LogP contribution < -0.4 is 0 Å². The third-order valence-electron chi connectivity index (χ3n) is 2.45. The topological polar surface area (TPSA) is 26.3 Å². The summed E-state index contributed by atoms with van der Waals surface area (Å²) < 4.78 is 5.25. The van der Waals surface area contributed by atoms with Crippen molar-refractivity contribution in [2.45, 2.75) is 48.0 Å². The van der Waals surface area contributed by atoms with E-state index in [1.165, 1.54) is 5.57 Å². The monoisotopic (exact) mass is 226 g/mol. The minimum atomic E-state index is -0.115. The van der Waals surface area contributed by atoms with Crippen molar-refractivity contribution in [2.75, 3.05) is 6.61 Å². The van der Waals surface area contributed by atoms with Crippen LogP contribution in [0.3, 0.4) is 0 Å². The van der Waals surface area contributed by atoms with Crippen LogP contribution in [-0.2, 0) is 9.53 Å². The van der Waals surface area contributed by atoms with Gasteiger partial charge in [-0.1, -0.05) is 47.6 Å². The molecule has 0 aliphatic rings. The van der Waals surface area contributed by atoms with E-state index in [1.54, 1.807) is 0 Å². The number of hydrogen-bond donors (Lipinski definition) is 0. The van der Waals surface area contributed by atoms with Gasteiger partial charge < -0.3 is 4.74 Å². The number of allylic oxidation sites excluding steroid dienone is 1. The van der Waals surface area contributed by atoms with E-state index >= 15 is 0 Å².